The van der Waals surface area contributed by atoms with E-state index in [2.05, 4.69) is 9.97 Å². The van der Waals surface area contributed by atoms with Crippen LogP contribution in [0.1, 0.15) is 16.9 Å². The van der Waals surface area contributed by atoms with Gasteiger partial charge in [0.2, 0.25) is 0 Å². The lowest BCUT2D eigenvalue weighted by atomic mass is 10.3. The Bertz CT molecular complexity index is 404. The summed E-state index contributed by atoms with van der Waals surface area (Å²) in [5, 5.41) is 0.203. The van der Waals surface area contributed by atoms with Crippen molar-refractivity contribution in [3.05, 3.63) is 23.2 Å². The molecule has 0 aromatic carbocycles. The van der Waals surface area contributed by atoms with Crippen LogP contribution in [0.4, 0.5) is 0 Å². The van der Waals surface area contributed by atoms with Crippen molar-refractivity contribution < 1.29 is 14.3 Å². The Hall–Kier alpha value is -1.24. The van der Waals surface area contributed by atoms with E-state index in [4.69, 9.17) is 21.1 Å². The molecule has 0 N–H and O–H groups in total. The van der Waals surface area contributed by atoms with E-state index in [1.54, 1.807) is 19.1 Å². The molecule has 0 saturated heterocycles. The number of methoxy groups -OCH3 is 2. The lowest BCUT2D eigenvalue weighted by Crippen LogP contribution is -2.35. The molecule has 19 heavy (non-hydrogen) atoms. The van der Waals surface area contributed by atoms with Gasteiger partial charge in [0.05, 0.1) is 19.0 Å². The van der Waals surface area contributed by atoms with Crippen molar-refractivity contribution in [3.8, 4) is 0 Å². The first kappa shape index (κ1) is 15.8. The molecule has 0 unspecified atom stereocenters. The third kappa shape index (κ3) is 5.50. The summed E-state index contributed by atoms with van der Waals surface area (Å²) < 4.78 is 9.98. The van der Waals surface area contributed by atoms with Crippen LogP contribution in [-0.2, 0) is 9.47 Å². The van der Waals surface area contributed by atoms with Crippen LogP contribution < -0.4 is 0 Å². The van der Waals surface area contributed by atoms with E-state index in [0.717, 1.165) is 6.42 Å². The minimum absolute atomic E-state index is 0.203. The van der Waals surface area contributed by atoms with Gasteiger partial charge in [0.15, 0.2) is 0 Å². The van der Waals surface area contributed by atoms with Gasteiger partial charge in [-0.15, -0.1) is 0 Å². The van der Waals surface area contributed by atoms with Crippen LogP contribution in [0.25, 0.3) is 0 Å². The van der Waals surface area contributed by atoms with Crippen LogP contribution in [0, 0.1) is 0 Å². The lowest BCUT2D eigenvalue weighted by molar-refractivity contribution is 0.0668. The van der Waals surface area contributed by atoms with Gasteiger partial charge in [-0.3, -0.25) is 9.78 Å². The highest BCUT2D eigenvalue weighted by Gasteiger charge is 2.17. The van der Waals surface area contributed by atoms with Gasteiger partial charge in [-0.25, -0.2) is 4.98 Å². The monoisotopic (exact) mass is 287 g/mol. The highest BCUT2D eigenvalue weighted by Crippen LogP contribution is 2.06. The molecule has 0 spiro atoms. The summed E-state index contributed by atoms with van der Waals surface area (Å²) in [5.74, 6) is -0.205. The van der Waals surface area contributed by atoms with Gasteiger partial charge in [0, 0.05) is 33.9 Å². The van der Waals surface area contributed by atoms with Crippen molar-refractivity contribution in [3.63, 3.8) is 0 Å². The maximum atomic E-state index is 12.3. The summed E-state index contributed by atoms with van der Waals surface area (Å²) in [6, 6.07) is 0. The molecule has 0 aliphatic carbocycles. The van der Waals surface area contributed by atoms with Gasteiger partial charge >= 0.3 is 0 Å². The van der Waals surface area contributed by atoms with Crippen LogP contribution in [0.2, 0.25) is 5.15 Å². The van der Waals surface area contributed by atoms with Crippen molar-refractivity contribution in [2.75, 3.05) is 40.5 Å². The zero-order valence-corrected chi connectivity index (χ0v) is 11.9. The Morgan fingerprint density at radius 1 is 1.26 bits per heavy atom. The molecule has 6 nitrogen and oxygen atoms in total. The predicted molar refractivity (Wildman–Crippen MR) is 71.3 cm³/mol. The molecule has 1 heterocycles. The standard InChI is InChI=1S/C12H18ClN3O3/c1-18-6-3-4-16(5-7-19-2)12(17)10-8-14-9-11(13)15-10/h8-9H,3-7H2,1-2H3. The van der Waals surface area contributed by atoms with E-state index in [1.807, 2.05) is 0 Å². The predicted octanol–water partition coefficient (Wildman–Crippen LogP) is 1.26. The fraction of sp³-hybridized carbons (Fsp3) is 0.583. The Morgan fingerprint density at radius 3 is 2.63 bits per heavy atom. The zero-order chi connectivity index (χ0) is 14.1. The van der Waals surface area contributed by atoms with Gasteiger partial charge in [0.1, 0.15) is 10.8 Å². The number of carbonyl (C=O) groups is 1. The minimum Gasteiger partial charge on any atom is -0.385 e. The van der Waals surface area contributed by atoms with E-state index in [-0.39, 0.29) is 16.8 Å². The highest BCUT2D eigenvalue weighted by atomic mass is 35.5. The van der Waals surface area contributed by atoms with Gasteiger partial charge in [-0.2, -0.15) is 0 Å². The summed E-state index contributed by atoms with van der Waals surface area (Å²) >= 11 is 5.74. The number of ether oxygens (including phenoxy) is 2. The summed E-state index contributed by atoms with van der Waals surface area (Å²) in [5.41, 5.74) is 0.237. The molecule has 0 fully saturated rings. The summed E-state index contributed by atoms with van der Waals surface area (Å²) in [4.78, 5) is 21.8. The third-order valence-electron chi connectivity index (χ3n) is 2.45. The molecule has 0 bridgehead atoms. The molecule has 106 valence electrons. The molecular formula is C12H18ClN3O3. The molecular weight excluding hydrogens is 270 g/mol. The molecule has 1 aromatic heterocycles. The number of nitrogens with zero attached hydrogens (tertiary/aromatic N) is 3. The number of rotatable bonds is 8. The Balaban J connectivity index is 2.69. The minimum atomic E-state index is -0.205. The SMILES string of the molecule is COCCCN(CCOC)C(=O)c1cncc(Cl)n1. The largest absolute Gasteiger partial charge is 0.385 e. The molecule has 0 aliphatic rings. The van der Waals surface area contributed by atoms with Crippen molar-refractivity contribution in [2.24, 2.45) is 0 Å². The van der Waals surface area contributed by atoms with E-state index in [1.165, 1.54) is 12.4 Å². The van der Waals surface area contributed by atoms with E-state index in [9.17, 15) is 4.79 Å². The Morgan fingerprint density at radius 2 is 2.00 bits per heavy atom. The lowest BCUT2D eigenvalue weighted by Gasteiger charge is -2.21. The smallest absolute Gasteiger partial charge is 0.274 e. The summed E-state index contributed by atoms with van der Waals surface area (Å²) in [6.45, 7) is 2.13. The van der Waals surface area contributed by atoms with Gasteiger partial charge in [-0.1, -0.05) is 11.6 Å². The third-order valence-corrected chi connectivity index (χ3v) is 2.64. The Kier molecular flexibility index (Phi) is 7.32. The number of amides is 1. The van der Waals surface area contributed by atoms with Crippen molar-refractivity contribution in [2.45, 2.75) is 6.42 Å². The van der Waals surface area contributed by atoms with Gasteiger partial charge in [0.25, 0.3) is 5.91 Å². The fourth-order valence-corrected chi connectivity index (χ4v) is 1.67. The van der Waals surface area contributed by atoms with Crippen molar-refractivity contribution in [1.29, 1.82) is 0 Å². The average molecular weight is 288 g/mol. The second-order valence-electron chi connectivity index (χ2n) is 3.86. The van der Waals surface area contributed by atoms with Crippen LogP contribution in [0.15, 0.2) is 12.4 Å². The van der Waals surface area contributed by atoms with Crippen molar-refractivity contribution in [1.82, 2.24) is 14.9 Å². The van der Waals surface area contributed by atoms with Crippen LogP contribution in [0.5, 0.6) is 0 Å². The molecule has 0 saturated carbocycles. The second kappa shape index (κ2) is 8.79. The molecule has 0 radical (unpaired) electrons. The first-order valence-corrected chi connectivity index (χ1v) is 6.31. The summed E-state index contributed by atoms with van der Waals surface area (Å²) in [7, 11) is 3.22. The average Bonchev–Trinajstić information content (AvgIpc) is 2.42. The summed E-state index contributed by atoms with van der Waals surface area (Å²) in [6.07, 6.45) is 3.55. The topological polar surface area (TPSA) is 64.6 Å². The number of carbonyl (C=O) groups excluding carboxylic acids is 1. The van der Waals surface area contributed by atoms with Crippen LogP contribution in [-0.4, -0.2) is 61.3 Å². The quantitative estimate of drug-likeness (QED) is 0.674. The maximum absolute atomic E-state index is 12.3. The van der Waals surface area contributed by atoms with Gasteiger partial charge in [-0.05, 0) is 6.42 Å². The number of halogens is 1. The molecule has 7 heteroatoms. The molecule has 1 amide bonds. The molecule has 0 aliphatic heterocycles. The zero-order valence-electron chi connectivity index (χ0n) is 11.1. The van der Waals surface area contributed by atoms with E-state index >= 15 is 0 Å². The highest BCUT2D eigenvalue weighted by molar-refractivity contribution is 6.29. The van der Waals surface area contributed by atoms with E-state index in [0.29, 0.717) is 26.3 Å². The number of aromatic nitrogens is 2. The Labute approximate surface area is 117 Å². The fourth-order valence-electron chi connectivity index (χ4n) is 1.52. The second-order valence-corrected chi connectivity index (χ2v) is 4.25. The van der Waals surface area contributed by atoms with Crippen LogP contribution >= 0.6 is 11.6 Å². The van der Waals surface area contributed by atoms with Gasteiger partial charge < -0.3 is 14.4 Å². The number of hydrogen-bond acceptors (Lipinski definition) is 5. The molecule has 1 aromatic rings. The van der Waals surface area contributed by atoms with Crippen LogP contribution in [0.3, 0.4) is 0 Å². The van der Waals surface area contributed by atoms with E-state index < -0.39 is 0 Å². The number of hydrogen-bond donors (Lipinski definition) is 0. The molecule has 0 atom stereocenters. The first-order valence-electron chi connectivity index (χ1n) is 5.93. The van der Waals surface area contributed by atoms with Crippen molar-refractivity contribution >= 4 is 17.5 Å². The maximum Gasteiger partial charge on any atom is 0.274 e. The first-order chi connectivity index (χ1) is 9.19. The normalized spacial score (nSPS) is 10.5. The molecule has 1 rings (SSSR count).